The highest BCUT2D eigenvalue weighted by atomic mass is 19.4. The van der Waals surface area contributed by atoms with Gasteiger partial charge in [0.2, 0.25) is 0 Å². The van der Waals surface area contributed by atoms with Crippen molar-refractivity contribution in [3.05, 3.63) is 23.5 Å². The zero-order valence-corrected chi connectivity index (χ0v) is 15.2. The highest BCUT2D eigenvalue weighted by Crippen LogP contribution is 2.38. The Labute approximate surface area is 145 Å². The minimum Gasteiger partial charge on any atom is -0.399 e. The maximum atomic E-state index is 13.6. The van der Waals surface area contributed by atoms with Crippen molar-refractivity contribution in [2.45, 2.75) is 64.8 Å². The van der Waals surface area contributed by atoms with Gasteiger partial charge in [-0.1, -0.05) is 13.8 Å². The number of aromatic nitrogens is 2. The number of aromatic amines is 1. The Kier molecular flexibility index (Phi) is 4.00. The molecule has 0 amide bonds. The maximum absolute atomic E-state index is 13.6. The molecule has 1 aliphatic rings. The summed E-state index contributed by atoms with van der Waals surface area (Å²) < 4.78 is 52.6. The second kappa shape index (κ2) is 5.48. The highest BCUT2D eigenvalue weighted by molar-refractivity contribution is 6.63. The molecule has 0 saturated carbocycles. The quantitative estimate of drug-likeness (QED) is 0.830. The van der Waals surface area contributed by atoms with Crippen molar-refractivity contribution in [1.82, 2.24) is 9.97 Å². The van der Waals surface area contributed by atoms with Gasteiger partial charge < -0.3 is 14.3 Å². The van der Waals surface area contributed by atoms with Gasteiger partial charge in [0.1, 0.15) is 5.82 Å². The monoisotopic (exact) mass is 354 g/mol. The molecule has 2 aromatic rings. The van der Waals surface area contributed by atoms with Gasteiger partial charge in [0, 0.05) is 5.92 Å². The van der Waals surface area contributed by atoms with Crippen LogP contribution in [0.1, 0.15) is 58.8 Å². The summed E-state index contributed by atoms with van der Waals surface area (Å²) in [6.45, 7) is 11.1. The van der Waals surface area contributed by atoms with Crippen LogP contribution in [0, 0.1) is 0 Å². The molecule has 136 valence electrons. The number of hydrogen-bond acceptors (Lipinski definition) is 3. The molecule has 1 N–H and O–H groups in total. The fourth-order valence-electron chi connectivity index (χ4n) is 2.78. The Morgan fingerprint density at radius 3 is 2.12 bits per heavy atom. The van der Waals surface area contributed by atoms with Gasteiger partial charge >= 0.3 is 13.3 Å². The molecule has 1 fully saturated rings. The van der Waals surface area contributed by atoms with E-state index in [9.17, 15) is 13.2 Å². The average molecular weight is 354 g/mol. The summed E-state index contributed by atoms with van der Waals surface area (Å²) >= 11 is 0. The summed E-state index contributed by atoms with van der Waals surface area (Å²) in [4.78, 5) is 7.36. The number of rotatable bonds is 2. The average Bonchev–Trinajstić information content (AvgIpc) is 2.94. The lowest BCUT2D eigenvalue weighted by atomic mass is 9.75. The van der Waals surface area contributed by atoms with Gasteiger partial charge in [-0.2, -0.15) is 13.2 Å². The van der Waals surface area contributed by atoms with Crippen LogP contribution in [0.15, 0.2) is 12.1 Å². The molecule has 0 spiro atoms. The Bertz CT molecular complexity index is 796. The van der Waals surface area contributed by atoms with Gasteiger partial charge in [0.05, 0.1) is 27.8 Å². The molecule has 2 heterocycles. The SMILES string of the molecule is CC(C)c1nc2cc(C(F)(F)F)c(B3OC(C)(C)C(C)(C)O3)cc2[nH]1. The molecule has 0 radical (unpaired) electrons. The Morgan fingerprint density at radius 1 is 1.08 bits per heavy atom. The van der Waals surface area contributed by atoms with Crippen LogP contribution in [0.4, 0.5) is 13.2 Å². The minimum absolute atomic E-state index is 0.0300. The number of halogens is 3. The normalized spacial score (nSPS) is 20.0. The summed E-state index contributed by atoms with van der Waals surface area (Å²) in [6.07, 6.45) is -4.52. The molecule has 0 bridgehead atoms. The van der Waals surface area contributed by atoms with Crippen LogP contribution in [0.5, 0.6) is 0 Å². The first-order valence-corrected chi connectivity index (χ1v) is 8.28. The van der Waals surface area contributed by atoms with Crippen LogP contribution < -0.4 is 5.46 Å². The number of nitrogens with one attached hydrogen (secondary N) is 1. The number of alkyl halides is 3. The summed E-state index contributed by atoms with van der Waals surface area (Å²) in [5.41, 5.74) is -1.41. The first-order valence-electron chi connectivity index (χ1n) is 8.28. The highest BCUT2D eigenvalue weighted by Gasteiger charge is 2.53. The van der Waals surface area contributed by atoms with Crippen molar-refractivity contribution in [1.29, 1.82) is 0 Å². The van der Waals surface area contributed by atoms with Crippen molar-refractivity contribution in [2.75, 3.05) is 0 Å². The lowest BCUT2D eigenvalue weighted by molar-refractivity contribution is -0.136. The van der Waals surface area contributed by atoms with E-state index in [0.717, 1.165) is 6.07 Å². The van der Waals surface area contributed by atoms with Crippen LogP contribution in [0.3, 0.4) is 0 Å². The van der Waals surface area contributed by atoms with Crippen molar-refractivity contribution >= 4 is 23.6 Å². The Balaban J connectivity index is 2.16. The van der Waals surface area contributed by atoms with E-state index in [2.05, 4.69) is 9.97 Å². The van der Waals surface area contributed by atoms with E-state index in [4.69, 9.17) is 9.31 Å². The van der Waals surface area contributed by atoms with E-state index in [1.807, 2.05) is 41.5 Å². The number of H-pyrrole nitrogens is 1. The summed E-state index contributed by atoms with van der Waals surface area (Å²) in [5.74, 6) is 0.733. The number of fused-ring (bicyclic) bond motifs is 1. The van der Waals surface area contributed by atoms with E-state index < -0.39 is 30.1 Å². The third kappa shape index (κ3) is 3.06. The molecule has 1 aromatic carbocycles. The van der Waals surface area contributed by atoms with Gasteiger partial charge in [0.25, 0.3) is 0 Å². The van der Waals surface area contributed by atoms with Gasteiger partial charge in [-0.25, -0.2) is 4.98 Å². The third-order valence-electron chi connectivity index (χ3n) is 5.03. The molecule has 1 aromatic heterocycles. The van der Waals surface area contributed by atoms with Gasteiger partial charge in [0.15, 0.2) is 0 Å². The molecule has 1 saturated heterocycles. The lowest BCUT2D eigenvalue weighted by Crippen LogP contribution is -2.41. The summed E-state index contributed by atoms with van der Waals surface area (Å²) in [6, 6.07) is 2.51. The van der Waals surface area contributed by atoms with Crippen molar-refractivity contribution < 1.29 is 22.5 Å². The van der Waals surface area contributed by atoms with Gasteiger partial charge in [-0.3, -0.25) is 0 Å². The van der Waals surface area contributed by atoms with Crippen molar-refractivity contribution in [2.24, 2.45) is 0 Å². The molecule has 0 atom stereocenters. The number of benzene rings is 1. The predicted molar refractivity (Wildman–Crippen MR) is 90.9 cm³/mol. The fourth-order valence-corrected chi connectivity index (χ4v) is 2.78. The lowest BCUT2D eigenvalue weighted by Gasteiger charge is -2.32. The van der Waals surface area contributed by atoms with Crippen LogP contribution in [0.2, 0.25) is 0 Å². The third-order valence-corrected chi connectivity index (χ3v) is 5.03. The van der Waals surface area contributed by atoms with E-state index >= 15 is 0 Å². The predicted octanol–water partition coefficient (Wildman–Crippen LogP) is 4.00. The molecule has 0 unspecified atom stereocenters. The fraction of sp³-hybridized carbons (Fsp3) is 0.588. The molecule has 3 rings (SSSR count). The van der Waals surface area contributed by atoms with Crippen molar-refractivity contribution in [3.63, 3.8) is 0 Å². The zero-order valence-electron chi connectivity index (χ0n) is 15.2. The molecular weight excluding hydrogens is 332 g/mol. The van der Waals surface area contributed by atoms with E-state index in [0.29, 0.717) is 11.3 Å². The second-order valence-electron chi connectivity index (χ2n) is 7.82. The number of imidazole rings is 1. The Morgan fingerprint density at radius 2 is 1.64 bits per heavy atom. The smallest absolute Gasteiger partial charge is 0.399 e. The molecule has 8 heteroatoms. The van der Waals surface area contributed by atoms with Gasteiger partial charge in [-0.15, -0.1) is 0 Å². The van der Waals surface area contributed by atoms with Crippen LogP contribution in [-0.2, 0) is 15.5 Å². The minimum atomic E-state index is -4.52. The molecule has 25 heavy (non-hydrogen) atoms. The van der Waals surface area contributed by atoms with E-state index in [1.54, 1.807) is 0 Å². The largest absolute Gasteiger partial charge is 0.495 e. The first kappa shape index (κ1) is 18.3. The second-order valence-corrected chi connectivity index (χ2v) is 7.82. The topological polar surface area (TPSA) is 47.1 Å². The molecular formula is C17H22BF3N2O2. The molecule has 1 aliphatic heterocycles. The van der Waals surface area contributed by atoms with Crippen LogP contribution >= 0.6 is 0 Å². The number of nitrogens with zero attached hydrogens (tertiary/aromatic N) is 1. The molecule has 4 nitrogen and oxygen atoms in total. The van der Waals surface area contributed by atoms with E-state index in [-0.39, 0.29) is 16.9 Å². The standard InChI is InChI=1S/C17H22BF3N2O2/c1-9(2)14-22-12-7-10(17(19,20)21)11(8-13(12)23-14)18-24-15(3,4)16(5,6)25-18/h7-9H,1-6H3,(H,22,23). The zero-order chi connectivity index (χ0) is 18.8. The summed E-state index contributed by atoms with van der Waals surface area (Å²) in [7, 11) is -1.09. The van der Waals surface area contributed by atoms with Crippen molar-refractivity contribution in [3.8, 4) is 0 Å². The Hall–Kier alpha value is -1.54. The number of hydrogen-bond donors (Lipinski definition) is 1. The van der Waals surface area contributed by atoms with Crippen LogP contribution in [0.25, 0.3) is 11.0 Å². The van der Waals surface area contributed by atoms with Crippen LogP contribution in [-0.4, -0.2) is 28.3 Å². The maximum Gasteiger partial charge on any atom is 0.495 e. The van der Waals surface area contributed by atoms with Gasteiger partial charge in [-0.05, 0) is 45.3 Å². The molecule has 0 aliphatic carbocycles. The summed E-state index contributed by atoms with van der Waals surface area (Å²) in [5, 5.41) is 0. The first-order chi connectivity index (χ1) is 11.3. The van der Waals surface area contributed by atoms with E-state index in [1.165, 1.54) is 6.07 Å².